The Balaban J connectivity index is 2.87. The number of aliphatic carboxylic acids is 1. The number of amides is 4. The van der Waals surface area contributed by atoms with E-state index >= 15 is 0 Å². The van der Waals surface area contributed by atoms with Gasteiger partial charge in [0.15, 0.2) is 0 Å². The first-order valence-electron chi connectivity index (χ1n) is 6.70. The standard InChI is InChI=1S/C13H21N3O5/c1-7(2)8(5-10(18)19)14-12(21)16-6-9(17)15-11(20)13(16,3)4/h7-8H,5-6H2,1-4H3,(H,14,21)(H,18,19)(H,15,17,20). The molecule has 1 heterocycles. The molecule has 0 bridgehead atoms. The number of imide groups is 1. The van der Waals surface area contributed by atoms with Crippen molar-refractivity contribution in [2.45, 2.75) is 45.7 Å². The molecular weight excluding hydrogens is 278 g/mol. The van der Waals surface area contributed by atoms with Gasteiger partial charge in [0.25, 0.3) is 5.91 Å². The van der Waals surface area contributed by atoms with Crippen LogP contribution in [0.3, 0.4) is 0 Å². The zero-order valence-electron chi connectivity index (χ0n) is 12.6. The van der Waals surface area contributed by atoms with Crippen LogP contribution in [0.15, 0.2) is 0 Å². The Hall–Kier alpha value is -2.12. The van der Waals surface area contributed by atoms with Crippen molar-refractivity contribution in [3.05, 3.63) is 0 Å². The van der Waals surface area contributed by atoms with E-state index in [0.29, 0.717) is 0 Å². The van der Waals surface area contributed by atoms with Crippen molar-refractivity contribution in [1.29, 1.82) is 0 Å². The molecule has 0 aliphatic carbocycles. The van der Waals surface area contributed by atoms with Gasteiger partial charge < -0.3 is 15.3 Å². The molecule has 1 aliphatic rings. The van der Waals surface area contributed by atoms with Gasteiger partial charge in [0, 0.05) is 6.04 Å². The number of hydrogen-bond acceptors (Lipinski definition) is 4. The molecule has 1 unspecified atom stereocenters. The van der Waals surface area contributed by atoms with Gasteiger partial charge in [0.05, 0.1) is 6.42 Å². The van der Waals surface area contributed by atoms with Gasteiger partial charge in [-0.05, 0) is 19.8 Å². The van der Waals surface area contributed by atoms with E-state index in [1.54, 1.807) is 13.8 Å². The van der Waals surface area contributed by atoms with Crippen molar-refractivity contribution in [3.63, 3.8) is 0 Å². The first-order valence-corrected chi connectivity index (χ1v) is 6.70. The van der Waals surface area contributed by atoms with E-state index in [1.165, 1.54) is 13.8 Å². The third-order valence-electron chi connectivity index (χ3n) is 3.54. The van der Waals surface area contributed by atoms with E-state index in [9.17, 15) is 19.2 Å². The molecule has 1 rings (SSSR count). The Morgan fingerprint density at radius 1 is 1.38 bits per heavy atom. The van der Waals surface area contributed by atoms with Gasteiger partial charge in [-0.15, -0.1) is 0 Å². The number of rotatable bonds is 4. The van der Waals surface area contributed by atoms with Gasteiger partial charge in [-0.1, -0.05) is 13.8 Å². The third kappa shape index (κ3) is 3.93. The van der Waals surface area contributed by atoms with Crippen LogP contribution in [0.1, 0.15) is 34.1 Å². The molecule has 1 saturated heterocycles. The summed E-state index contributed by atoms with van der Waals surface area (Å²) in [5, 5.41) is 13.6. The summed E-state index contributed by atoms with van der Waals surface area (Å²) in [4.78, 5) is 47.4. The number of urea groups is 1. The van der Waals surface area contributed by atoms with Crippen molar-refractivity contribution in [2.75, 3.05) is 6.54 Å². The van der Waals surface area contributed by atoms with Crippen LogP contribution < -0.4 is 10.6 Å². The highest BCUT2D eigenvalue weighted by molar-refractivity contribution is 6.06. The van der Waals surface area contributed by atoms with Gasteiger partial charge in [-0.2, -0.15) is 0 Å². The number of hydrogen-bond donors (Lipinski definition) is 3. The van der Waals surface area contributed by atoms with Crippen molar-refractivity contribution in [1.82, 2.24) is 15.5 Å². The summed E-state index contributed by atoms with van der Waals surface area (Å²) in [6.45, 7) is 6.37. The zero-order valence-corrected chi connectivity index (χ0v) is 12.6. The second-order valence-electron chi connectivity index (χ2n) is 5.92. The Morgan fingerprint density at radius 2 is 1.95 bits per heavy atom. The topological polar surface area (TPSA) is 116 Å². The molecular formula is C13H21N3O5. The summed E-state index contributed by atoms with van der Waals surface area (Å²) in [5.74, 6) is -2.25. The van der Waals surface area contributed by atoms with E-state index in [-0.39, 0.29) is 18.9 Å². The second kappa shape index (κ2) is 6.11. The lowest BCUT2D eigenvalue weighted by atomic mass is 9.98. The van der Waals surface area contributed by atoms with Gasteiger partial charge >= 0.3 is 12.0 Å². The molecule has 8 nitrogen and oxygen atoms in total. The average Bonchev–Trinajstić information content (AvgIpc) is 2.32. The number of nitrogens with one attached hydrogen (secondary N) is 2. The lowest BCUT2D eigenvalue weighted by Gasteiger charge is -2.40. The number of carboxylic acids is 1. The molecule has 118 valence electrons. The molecule has 1 aliphatic heterocycles. The van der Waals surface area contributed by atoms with Crippen LogP contribution in [0.4, 0.5) is 4.79 Å². The summed E-state index contributed by atoms with van der Waals surface area (Å²) in [7, 11) is 0. The smallest absolute Gasteiger partial charge is 0.318 e. The Kier molecular flexibility index (Phi) is 4.93. The van der Waals surface area contributed by atoms with Crippen molar-refractivity contribution < 1.29 is 24.3 Å². The number of piperazine rings is 1. The Morgan fingerprint density at radius 3 is 2.43 bits per heavy atom. The minimum atomic E-state index is -1.18. The molecule has 1 fully saturated rings. The molecule has 0 aromatic carbocycles. The summed E-state index contributed by atoms with van der Waals surface area (Å²) < 4.78 is 0. The maximum absolute atomic E-state index is 12.3. The van der Waals surface area contributed by atoms with Crippen LogP contribution in [0.25, 0.3) is 0 Å². The summed E-state index contributed by atoms with van der Waals surface area (Å²) in [5.41, 5.74) is -1.18. The predicted molar refractivity (Wildman–Crippen MR) is 73.3 cm³/mol. The normalized spacial score (nSPS) is 19.2. The predicted octanol–water partition coefficient (Wildman–Crippen LogP) is -0.0677. The quantitative estimate of drug-likeness (QED) is 0.629. The SMILES string of the molecule is CC(C)C(CC(=O)O)NC(=O)N1CC(=O)NC(=O)C1(C)C. The fraction of sp³-hybridized carbons (Fsp3) is 0.692. The van der Waals surface area contributed by atoms with Crippen LogP contribution in [0.5, 0.6) is 0 Å². The molecule has 8 heteroatoms. The first-order chi connectivity index (χ1) is 9.55. The molecule has 21 heavy (non-hydrogen) atoms. The maximum atomic E-state index is 12.3. The highest BCUT2D eigenvalue weighted by Gasteiger charge is 2.44. The van der Waals surface area contributed by atoms with E-state index in [4.69, 9.17) is 5.11 Å². The van der Waals surface area contributed by atoms with Crippen molar-refractivity contribution >= 4 is 23.8 Å². The monoisotopic (exact) mass is 299 g/mol. The molecule has 3 N–H and O–H groups in total. The van der Waals surface area contributed by atoms with Crippen molar-refractivity contribution in [2.24, 2.45) is 5.92 Å². The number of carboxylic acid groups (broad SMARTS) is 1. The van der Waals surface area contributed by atoms with E-state index in [1.807, 2.05) is 0 Å². The number of carbonyl (C=O) groups excluding carboxylic acids is 3. The minimum Gasteiger partial charge on any atom is -0.481 e. The Labute approximate surface area is 122 Å². The third-order valence-corrected chi connectivity index (χ3v) is 3.54. The van der Waals surface area contributed by atoms with E-state index in [2.05, 4.69) is 10.6 Å². The molecule has 0 saturated carbocycles. The summed E-state index contributed by atoms with van der Waals surface area (Å²) >= 11 is 0. The average molecular weight is 299 g/mol. The van der Waals surface area contributed by atoms with Crippen LogP contribution in [-0.4, -0.2) is 51.9 Å². The lowest BCUT2D eigenvalue weighted by molar-refractivity contribution is -0.143. The van der Waals surface area contributed by atoms with Crippen LogP contribution >= 0.6 is 0 Å². The highest BCUT2D eigenvalue weighted by atomic mass is 16.4. The minimum absolute atomic E-state index is 0.0949. The number of nitrogens with zero attached hydrogens (tertiary/aromatic N) is 1. The second-order valence-corrected chi connectivity index (χ2v) is 5.92. The van der Waals surface area contributed by atoms with Crippen LogP contribution in [-0.2, 0) is 14.4 Å². The molecule has 0 aromatic rings. The largest absolute Gasteiger partial charge is 0.481 e. The van der Waals surface area contributed by atoms with Crippen LogP contribution in [0.2, 0.25) is 0 Å². The maximum Gasteiger partial charge on any atom is 0.318 e. The lowest BCUT2D eigenvalue weighted by Crippen LogP contribution is -2.67. The molecule has 4 amide bonds. The van der Waals surface area contributed by atoms with Gasteiger partial charge in [-0.3, -0.25) is 19.7 Å². The molecule has 0 radical (unpaired) electrons. The van der Waals surface area contributed by atoms with E-state index < -0.39 is 35.4 Å². The summed E-state index contributed by atoms with van der Waals surface area (Å²) in [6, 6.07) is -1.20. The summed E-state index contributed by atoms with van der Waals surface area (Å²) in [6.07, 6.45) is -0.224. The fourth-order valence-electron chi connectivity index (χ4n) is 1.99. The van der Waals surface area contributed by atoms with Gasteiger partial charge in [0.2, 0.25) is 5.91 Å². The van der Waals surface area contributed by atoms with Gasteiger partial charge in [0.1, 0.15) is 12.1 Å². The Bertz CT molecular complexity index is 472. The molecule has 0 spiro atoms. The molecule has 1 atom stereocenters. The number of carbonyl (C=O) groups is 4. The van der Waals surface area contributed by atoms with Crippen LogP contribution in [0, 0.1) is 5.92 Å². The van der Waals surface area contributed by atoms with Gasteiger partial charge in [-0.25, -0.2) is 4.79 Å². The van der Waals surface area contributed by atoms with E-state index in [0.717, 1.165) is 4.90 Å². The molecule has 0 aromatic heterocycles. The van der Waals surface area contributed by atoms with Crippen molar-refractivity contribution in [3.8, 4) is 0 Å². The zero-order chi connectivity index (χ0) is 16.4. The highest BCUT2D eigenvalue weighted by Crippen LogP contribution is 2.19. The first kappa shape index (κ1) is 16.9. The fourth-order valence-corrected chi connectivity index (χ4v) is 1.99.